The minimum absolute atomic E-state index is 0.0544. The SMILES string of the molecule is CC[C@H](C)NC(=O)[C@H](CC)N(Cc1c(Cl)cccc1Cl)C(=O)CN(c1ccc(C)cc1)S(=O)(=O)c1ccc(C)cc1. The lowest BCUT2D eigenvalue weighted by molar-refractivity contribution is -0.140. The predicted molar refractivity (Wildman–Crippen MR) is 166 cm³/mol. The molecule has 3 aromatic rings. The molecule has 0 radical (unpaired) electrons. The highest BCUT2D eigenvalue weighted by molar-refractivity contribution is 7.92. The average Bonchev–Trinajstić information content (AvgIpc) is 2.93. The molecule has 1 N–H and O–H groups in total. The normalized spacial score (nSPS) is 12.9. The van der Waals surface area contributed by atoms with Crippen LogP contribution in [0.1, 0.15) is 50.3 Å². The van der Waals surface area contributed by atoms with Gasteiger partial charge in [-0.25, -0.2) is 8.42 Å². The third-order valence-corrected chi connectivity index (χ3v) is 9.48. The lowest BCUT2D eigenvalue weighted by Gasteiger charge is -2.34. The number of rotatable bonds is 12. The summed E-state index contributed by atoms with van der Waals surface area (Å²) in [5, 5.41) is 3.64. The van der Waals surface area contributed by atoms with Gasteiger partial charge in [-0.3, -0.25) is 13.9 Å². The van der Waals surface area contributed by atoms with E-state index < -0.39 is 28.5 Å². The van der Waals surface area contributed by atoms with Gasteiger partial charge in [-0.15, -0.1) is 0 Å². The van der Waals surface area contributed by atoms with Gasteiger partial charge in [-0.2, -0.15) is 0 Å². The van der Waals surface area contributed by atoms with Gasteiger partial charge in [0.25, 0.3) is 10.0 Å². The highest BCUT2D eigenvalue weighted by atomic mass is 35.5. The number of nitrogens with zero attached hydrogens (tertiary/aromatic N) is 2. The molecule has 41 heavy (non-hydrogen) atoms. The summed E-state index contributed by atoms with van der Waals surface area (Å²) in [5.41, 5.74) is 2.65. The van der Waals surface area contributed by atoms with Gasteiger partial charge in [0.1, 0.15) is 12.6 Å². The number of carbonyl (C=O) groups is 2. The van der Waals surface area contributed by atoms with Crippen molar-refractivity contribution in [2.24, 2.45) is 0 Å². The van der Waals surface area contributed by atoms with Crippen LogP contribution in [0.25, 0.3) is 0 Å². The molecular formula is C31H37Cl2N3O4S. The van der Waals surface area contributed by atoms with E-state index in [1.807, 2.05) is 27.7 Å². The Kier molecular flexibility index (Phi) is 11.2. The molecule has 0 bridgehead atoms. The molecule has 0 fully saturated rings. The molecule has 0 aromatic heterocycles. The summed E-state index contributed by atoms with van der Waals surface area (Å²) in [7, 11) is -4.14. The summed E-state index contributed by atoms with van der Waals surface area (Å²) in [6.07, 6.45) is 1.01. The molecule has 2 atom stereocenters. The number of carbonyl (C=O) groups excluding carboxylic acids is 2. The molecule has 10 heteroatoms. The van der Waals surface area contributed by atoms with Crippen molar-refractivity contribution in [3.05, 3.63) is 93.5 Å². The van der Waals surface area contributed by atoms with E-state index in [1.54, 1.807) is 61.5 Å². The number of benzene rings is 3. The third kappa shape index (κ3) is 8.03. The van der Waals surface area contributed by atoms with Crippen molar-refractivity contribution in [1.82, 2.24) is 10.2 Å². The highest BCUT2D eigenvalue weighted by Crippen LogP contribution is 2.29. The number of hydrogen-bond acceptors (Lipinski definition) is 4. The lowest BCUT2D eigenvalue weighted by atomic mass is 10.1. The molecule has 0 saturated heterocycles. The van der Waals surface area contributed by atoms with E-state index in [2.05, 4.69) is 5.32 Å². The van der Waals surface area contributed by atoms with Crippen LogP contribution in [0.5, 0.6) is 0 Å². The van der Waals surface area contributed by atoms with Crippen LogP contribution in [0.2, 0.25) is 10.0 Å². The monoisotopic (exact) mass is 617 g/mol. The summed E-state index contributed by atoms with van der Waals surface area (Å²) in [6, 6.07) is 17.4. The zero-order chi connectivity index (χ0) is 30.3. The van der Waals surface area contributed by atoms with E-state index in [1.165, 1.54) is 17.0 Å². The van der Waals surface area contributed by atoms with E-state index in [0.717, 1.165) is 15.4 Å². The van der Waals surface area contributed by atoms with Crippen LogP contribution in [-0.2, 0) is 26.2 Å². The minimum Gasteiger partial charge on any atom is -0.352 e. The molecule has 0 unspecified atom stereocenters. The molecular weight excluding hydrogens is 581 g/mol. The number of amides is 2. The summed E-state index contributed by atoms with van der Waals surface area (Å²) >= 11 is 12.9. The summed E-state index contributed by atoms with van der Waals surface area (Å²) in [4.78, 5) is 29.0. The number of aryl methyl sites for hydroxylation is 2. The van der Waals surface area contributed by atoms with Crippen LogP contribution in [0.15, 0.2) is 71.6 Å². The average molecular weight is 619 g/mol. The number of nitrogens with one attached hydrogen (secondary N) is 1. The molecule has 3 rings (SSSR count). The number of sulfonamides is 1. The second-order valence-electron chi connectivity index (χ2n) is 10.1. The quantitative estimate of drug-likeness (QED) is 0.250. The molecule has 220 valence electrons. The van der Waals surface area contributed by atoms with E-state index in [-0.39, 0.29) is 23.4 Å². The Morgan fingerprint density at radius 3 is 1.90 bits per heavy atom. The van der Waals surface area contributed by atoms with Crippen LogP contribution < -0.4 is 9.62 Å². The third-order valence-electron chi connectivity index (χ3n) is 6.99. The van der Waals surface area contributed by atoms with Crippen LogP contribution in [-0.4, -0.2) is 43.8 Å². The first-order valence-electron chi connectivity index (χ1n) is 13.6. The van der Waals surface area contributed by atoms with Gasteiger partial charge < -0.3 is 10.2 Å². The summed E-state index contributed by atoms with van der Waals surface area (Å²) in [6.45, 7) is 8.79. The topological polar surface area (TPSA) is 86.8 Å². The van der Waals surface area contributed by atoms with Gasteiger partial charge >= 0.3 is 0 Å². The van der Waals surface area contributed by atoms with E-state index in [9.17, 15) is 18.0 Å². The van der Waals surface area contributed by atoms with Crippen LogP contribution in [0.4, 0.5) is 5.69 Å². The fraction of sp³-hybridized carbons (Fsp3) is 0.355. The first-order chi connectivity index (χ1) is 19.4. The zero-order valence-electron chi connectivity index (χ0n) is 24.0. The molecule has 0 heterocycles. The Labute approximate surface area is 253 Å². The van der Waals surface area contributed by atoms with Crippen LogP contribution in [0.3, 0.4) is 0 Å². The molecule has 0 aliphatic heterocycles. The van der Waals surface area contributed by atoms with Crippen LogP contribution in [0, 0.1) is 13.8 Å². The molecule has 0 spiro atoms. The van der Waals surface area contributed by atoms with E-state index >= 15 is 0 Å². The predicted octanol–water partition coefficient (Wildman–Crippen LogP) is 6.53. The fourth-order valence-electron chi connectivity index (χ4n) is 4.29. The van der Waals surface area contributed by atoms with Gasteiger partial charge in [0.15, 0.2) is 0 Å². The molecule has 0 aliphatic rings. The molecule has 0 saturated carbocycles. The van der Waals surface area contributed by atoms with Crippen molar-refractivity contribution in [3.8, 4) is 0 Å². The highest BCUT2D eigenvalue weighted by Gasteiger charge is 2.34. The zero-order valence-corrected chi connectivity index (χ0v) is 26.4. The number of anilines is 1. The van der Waals surface area contributed by atoms with Gasteiger partial charge in [0.2, 0.25) is 11.8 Å². The van der Waals surface area contributed by atoms with Crippen LogP contribution >= 0.6 is 23.2 Å². The Hall–Kier alpha value is -3.07. The Morgan fingerprint density at radius 1 is 0.854 bits per heavy atom. The van der Waals surface area contributed by atoms with Gasteiger partial charge in [0, 0.05) is 28.2 Å². The van der Waals surface area contributed by atoms with E-state index in [4.69, 9.17) is 23.2 Å². The lowest BCUT2D eigenvalue weighted by Crippen LogP contribution is -2.53. The summed E-state index contributed by atoms with van der Waals surface area (Å²) < 4.78 is 29.0. The summed E-state index contributed by atoms with van der Waals surface area (Å²) in [5.74, 6) is -0.898. The Bertz CT molecular complexity index is 1440. The fourth-order valence-corrected chi connectivity index (χ4v) is 6.22. The Morgan fingerprint density at radius 2 is 1.39 bits per heavy atom. The van der Waals surface area contributed by atoms with Gasteiger partial charge in [-0.1, -0.05) is 78.5 Å². The Balaban J connectivity index is 2.09. The second-order valence-corrected chi connectivity index (χ2v) is 12.8. The van der Waals surface area contributed by atoms with Gasteiger partial charge in [0.05, 0.1) is 10.6 Å². The van der Waals surface area contributed by atoms with Crippen molar-refractivity contribution in [2.45, 2.75) is 71.0 Å². The maximum Gasteiger partial charge on any atom is 0.264 e. The smallest absolute Gasteiger partial charge is 0.264 e. The first-order valence-corrected chi connectivity index (χ1v) is 15.8. The maximum absolute atomic E-state index is 14.2. The number of halogens is 2. The largest absolute Gasteiger partial charge is 0.352 e. The van der Waals surface area contributed by atoms with Crippen molar-refractivity contribution in [2.75, 3.05) is 10.8 Å². The molecule has 0 aliphatic carbocycles. The van der Waals surface area contributed by atoms with Crippen molar-refractivity contribution in [1.29, 1.82) is 0 Å². The van der Waals surface area contributed by atoms with Gasteiger partial charge in [-0.05, 0) is 70.0 Å². The minimum atomic E-state index is -4.14. The molecule has 2 amide bonds. The van der Waals surface area contributed by atoms with Crippen molar-refractivity contribution >= 4 is 50.7 Å². The maximum atomic E-state index is 14.2. The first kappa shape index (κ1) is 32.4. The standard InChI is InChI=1S/C31H37Cl2N3O4S/c1-6-23(5)34-31(38)29(7-2)35(19-26-27(32)9-8-10-28(26)33)30(37)20-36(24-15-11-21(3)12-16-24)41(39,40)25-17-13-22(4)14-18-25/h8-18,23,29H,6-7,19-20H2,1-5H3,(H,34,38)/t23-,29-/m0/s1. The molecule has 7 nitrogen and oxygen atoms in total. The second kappa shape index (κ2) is 14.2. The van der Waals surface area contributed by atoms with E-state index in [0.29, 0.717) is 34.1 Å². The van der Waals surface area contributed by atoms with Crippen molar-refractivity contribution < 1.29 is 18.0 Å². The van der Waals surface area contributed by atoms with Crippen molar-refractivity contribution in [3.63, 3.8) is 0 Å². The molecule has 3 aromatic carbocycles. The number of hydrogen-bond donors (Lipinski definition) is 1.